The van der Waals surface area contributed by atoms with Gasteiger partial charge >= 0.3 is 0 Å². The minimum atomic E-state index is 0.868. The van der Waals surface area contributed by atoms with Gasteiger partial charge < -0.3 is 0 Å². The molecule has 1 aromatic rings. The molecular weight excluding hydrogens is 192 g/mol. The van der Waals surface area contributed by atoms with Crippen LogP contribution in [0.2, 0.25) is 0 Å². The lowest BCUT2D eigenvalue weighted by Crippen LogP contribution is -1.97. The van der Waals surface area contributed by atoms with Crippen LogP contribution in [0.5, 0.6) is 0 Å². The highest BCUT2D eigenvalue weighted by atomic mass is 14.1. The van der Waals surface area contributed by atoms with Crippen molar-refractivity contribution in [2.45, 2.75) is 27.2 Å². The van der Waals surface area contributed by atoms with Crippen LogP contribution in [0.1, 0.15) is 36.1 Å². The first-order valence-corrected chi connectivity index (χ1v) is 5.42. The van der Waals surface area contributed by atoms with Crippen LogP contribution in [0.4, 0.5) is 0 Å². The highest BCUT2D eigenvalue weighted by molar-refractivity contribution is 5.62. The Morgan fingerprint density at radius 2 is 2.12 bits per heavy atom. The summed E-state index contributed by atoms with van der Waals surface area (Å²) in [6.07, 6.45) is 2.78. The van der Waals surface area contributed by atoms with Crippen LogP contribution in [0.15, 0.2) is 30.9 Å². The Balaban J connectivity index is 3.44. The number of aryl methyl sites for hydroxylation is 1. The molecular formula is C16H18. The van der Waals surface area contributed by atoms with Crippen molar-refractivity contribution in [2.24, 2.45) is 0 Å². The Hall–Kier alpha value is -1.74. The lowest BCUT2D eigenvalue weighted by molar-refractivity contribution is 1.13. The predicted molar refractivity (Wildman–Crippen MR) is 72.3 cm³/mol. The molecule has 0 saturated heterocycles. The molecule has 0 spiro atoms. The summed E-state index contributed by atoms with van der Waals surface area (Å²) < 4.78 is 0. The number of rotatable bonds is 3. The Morgan fingerprint density at radius 3 is 2.62 bits per heavy atom. The number of allylic oxidation sites excluding steroid dienone is 1. The molecule has 0 N–H and O–H groups in total. The van der Waals surface area contributed by atoms with E-state index >= 15 is 0 Å². The van der Waals surface area contributed by atoms with Gasteiger partial charge in [-0.3, -0.25) is 0 Å². The standard InChI is InChI=1S/C16H18/c1-6-8-14-10-9-13(5)15(7-2)16(14)11-12(3)4/h7,9-10H,2-3,11H2,1,4-5H3. The number of hydrogen-bond acceptors (Lipinski definition) is 0. The highest BCUT2D eigenvalue weighted by Crippen LogP contribution is 2.22. The van der Waals surface area contributed by atoms with Crippen molar-refractivity contribution in [2.75, 3.05) is 0 Å². The molecule has 0 atom stereocenters. The van der Waals surface area contributed by atoms with Gasteiger partial charge in [0, 0.05) is 5.56 Å². The molecule has 0 amide bonds. The average Bonchev–Trinajstić information content (AvgIpc) is 2.22. The van der Waals surface area contributed by atoms with Crippen LogP contribution >= 0.6 is 0 Å². The van der Waals surface area contributed by atoms with Crippen molar-refractivity contribution in [3.8, 4) is 11.8 Å². The van der Waals surface area contributed by atoms with E-state index in [-0.39, 0.29) is 0 Å². The molecule has 82 valence electrons. The molecule has 0 aliphatic heterocycles. The van der Waals surface area contributed by atoms with Crippen molar-refractivity contribution in [1.29, 1.82) is 0 Å². The zero-order valence-corrected chi connectivity index (χ0v) is 10.4. The Kier molecular flexibility index (Phi) is 4.14. The second-order valence-corrected chi connectivity index (χ2v) is 4.04. The largest absolute Gasteiger partial charge is 0.101 e. The lowest BCUT2D eigenvalue weighted by Gasteiger charge is -2.12. The summed E-state index contributed by atoms with van der Waals surface area (Å²) >= 11 is 0. The van der Waals surface area contributed by atoms with Gasteiger partial charge in [-0.15, -0.1) is 5.92 Å². The number of hydrogen-bond donors (Lipinski definition) is 0. The van der Waals surface area contributed by atoms with Crippen molar-refractivity contribution in [3.05, 3.63) is 53.1 Å². The van der Waals surface area contributed by atoms with Crippen molar-refractivity contribution < 1.29 is 0 Å². The maximum absolute atomic E-state index is 3.97. The third kappa shape index (κ3) is 2.64. The first-order valence-electron chi connectivity index (χ1n) is 5.42. The van der Waals surface area contributed by atoms with E-state index in [1.54, 1.807) is 0 Å². The fourth-order valence-corrected chi connectivity index (χ4v) is 1.81. The first kappa shape index (κ1) is 12.3. The van der Waals surface area contributed by atoms with Gasteiger partial charge in [-0.25, -0.2) is 0 Å². The predicted octanol–water partition coefficient (Wildman–Crippen LogP) is 4.13. The van der Waals surface area contributed by atoms with E-state index in [9.17, 15) is 0 Å². The van der Waals surface area contributed by atoms with Gasteiger partial charge in [0.05, 0.1) is 0 Å². The Bertz CT molecular complexity index is 479. The minimum absolute atomic E-state index is 0.868. The quantitative estimate of drug-likeness (QED) is 0.520. The minimum Gasteiger partial charge on any atom is -0.101 e. The molecule has 0 nitrogen and oxygen atoms in total. The zero-order chi connectivity index (χ0) is 12.1. The third-order valence-corrected chi connectivity index (χ3v) is 2.52. The van der Waals surface area contributed by atoms with E-state index in [0.717, 1.165) is 17.6 Å². The van der Waals surface area contributed by atoms with Gasteiger partial charge in [0.25, 0.3) is 0 Å². The highest BCUT2D eigenvalue weighted by Gasteiger charge is 2.07. The maximum Gasteiger partial charge on any atom is 0.0286 e. The molecule has 0 aliphatic carbocycles. The van der Waals surface area contributed by atoms with Crippen LogP contribution in [0, 0.1) is 18.8 Å². The summed E-state index contributed by atoms with van der Waals surface area (Å²) in [6, 6.07) is 4.18. The zero-order valence-electron chi connectivity index (χ0n) is 10.4. The topological polar surface area (TPSA) is 0 Å². The Morgan fingerprint density at radius 1 is 1.44 bits per heavy atom. The second-order valence-electron chi connectivity index (χ2n) is 4.04. The van der Waals surface area contributed by atoms with Gasteiger partial charge in [0.15, 0.2) is 0 Å². The second kappa shape index (κ2) is 5.37. The van der Waals surface area contributed by atoms with Crippen molar-refractivity contribution >= 4 is 6.08 Å². The van der Waals surface area contributed by atoms with E-state index in [2.05, 4.69) is 44.1 Å². The fraction of sp³-hybridized carbons (Fsp3) is 0.250. The van der Waals surface area contributed by atoms with Crippen LogP contribution in [-0.2, 0) is 6.42 Å². The molecule has 0 heterocycles. The van der Waals surface area contributed by atoms with Crippen LogP contribution in [-0.4, -0.2) is 0 Å². The smallest absolute Gasteiger partial charge is 0.0286 e. The van der Waals surface area contributed by atoms with Crippen LogP contribution < -0.4 is 0 Å². The summed E-state index contributed by atoms with van der Waals surface area (Å²) in [5.74, 6) is 6.10. The van der Waals surface area contributed by atoms with E-state index in [1.165, 1.54) is 16.7 Å². The SMILES string of the molecule is C=Cc1c(C)ccc(C#CC)c1CC(=C)C. The fourth-order valence-electron chi connectivity index (χ4n) is 1.81. The van der Waals surface area contributed by atoms with Crippen molar-refractivity contribution in [3.63, 3.8) is 0 Å². The van der Waals surface area contributed by atoms with E-state index in [4.69, 9.17) is 0 Å². The monoisotopic (exact) mass is 210 g/mol. The van der Waals surface area contributed by atoms with E-state index in [0.29, 0.717) is 0 Å². The summed E-state index contributed by atoms with van der Waals surface area (Å²) in [4.78, 5) is 0. The molecule has 1 rings (SSSR count). The molecule has 0 saturated carbocycles. The summed E-state index contributed by atoms with van der Waals surface area (Å²) in [5.41, 5.74) is 5.92. The molecule has 0 aromatic heterocycles. The normalized spacial score (nSPS) is 9.19. The average molecular weight is 210 g/mol. The van der Waals surface area contributed by atoms with Crippen LogP contribution in [0.3, 0.4) is 0 Å². The van der Waals surface area contributed by atoms with E-state index < -0.39 is 0 Å². The van der Waals surface area contributed by atoms with Gasteiger partial charge in [0.1, 0.15) is 0 Å². The summed E-state index contributed by atoms with van der Waals surface area (Å²) in [5, 5.41) is 0. The summed E-state index contributed by atoms with van der Waals surface area (Å²) in [6.45, 7) is 13.9. The van der Waals surface area contributed by atoms with Gasteiger partial charge in [0.2, 0.25) is 0 Å². The van der Waals surface area contributed by atoms with Gasteiger partial charge in [-0.1, -0.05) is 36.8 Å². The van der Waals surface area contributed by atoms with Gasteiger partial charge in [-0.2, -0.15) is 0 Å². The summed E-state index contributed by atoms with van der Waals surface area (Å²) in [7, 11) is 0. The van der Waals surface area contributed by atoms with Crippen LogP contribution in [0.25, 0.3) is 6.08 Å². The molecule has 1 aromatic carbocycles. The maximum atomic E-state index is 3.97. The third-order valence-electron chi connectivity index (χ3n) is 2.52. The molecule has 16 heavy (non-hydrogen) atoms. The van der Waals surface area contributed by atoms with E-state index in [1.807, 2.05) is 19.9 Å². The number of benzene rings is 1. The molecule has 0 radical (unpaired) electrons. The molecule has 0 fully saturated rings. The molecule has 0 bridgehead atoms. The molecule has 0 heteroatoms. The lowest BCUT2D eigenvalue weighted by atomic mass is 9.92. The molecule has 0 unspecified atom stereocenters. The Labute approximate surface area is 98.7 Å². The van der Waals surface area contributed by atoms with Crippen molar-refractivity contribution in [1.82, 2.24) is 0 Å². The molecule has 0 aliphatic rings. The first-order chi connectivity index (χ1) is 7.60. The van der Waals surface area contributed by atoms with Gasteiger partial charge in [-0.05, 0) is 49.9 Å².